The topological polar surface area (TPSA) is 18.5 Å². The van der Waals surface area contributed by atoms with Crippen molar-refractivity contribution in [1.29, 1.82) is 0 Å². The molecular weight excluding hydrogens is 272 g/mol. The van der Waals surface area contributed by atoms with Gasteiger partial charge in [0.1, 0.15) is 18.1 Å². The van der Waals surface area contributed by atoms with E-state index in [9.17, 15) is 0 Å². The van der Waals surface area contributed by atoms with Crippen molar-refractivity contribution in [2.75, 3.05) is 6.61 Å². The van der Waals surface area contributed by atoms with Crippen molar-refractivity contribution in [1.82, 2.24) is 0 Å². The fourth-order valence-electron chi connectivity index (χ4n) is 2.26. The SMILES string of the molecule is CCCCCCCOc1ccc(COc2ccccc2)cc1. The summed E-state index contributed by atoms with van der Waals surface area (Å²) in [5.74, 6) is 1.84. The zero-order valence-electron chi connectivity index (χ0n) is 13.5. The molecule has 0 aliphatic heterocycles. The maximum Gasteiger partial charge on any atom is 0.119 e. The first kappa shape index (κ1) is 16.4. The molecule has 2 aromatic carbocycles. The number of benzene rings is 2. The van der Waals surface area contributed by atoms with Gasteiger partial charge in [0, 0.05) is 0 Å². The third-order valence-corrected chi connectivity index (χ3v) is 3.59. The van der Waals surface area contributed by atoms with E-state index in [0.717, 1.165) is 30.1 Å². The molecule has 0 aliphatic rings. The lowest BCUT2D eigenvalue weighted by atomic mass is 10.2. The first-order valence-corrected chi connectivity index (χ1v) is 8.28. The van der Waals surface area contributed by atoms with Gasteiger partial charge in [-0.3, -0.25) is 0 Å². The monoisotopic (exact) mass is 298 g/mol. The zero-order valence-corrected chi connectivity index (χ0v) is 13.5. The van der Waals surface area contributed by atoms with Crippen molar-refractivity contribution in [2.24, 2.45) is 0 Å². The molecule has 0 aromatic heterocycles. The Labute approximate surface area is 134 Å². The van der Waals surface area contributed by atoms with E-state index in [1.165, 1.54) is 25.7 Å². The normalized spacial score (nSPS) is 10.4. The van der Waals surface area contributed by atoms with E-state index in [4.69, 9.17) is 9.47 Å². The summed E-state index contributed by atoms with van der Waals surface area (Å²) < 4.78 is 11.5. The fourth-order valence-corrected chi connectivity index (χ4v) is 2.26. The van der Waals surface area contributed by atoms with E-state index in [0.29, 0.717) is 6.61 Å². The quantitative estimate of drug-likeness (QED) is 0.530. The number of unbranched alkanes of at least 4 members (excludes halogenated alkanes) is 4. The van der Waals surface area contributed by atoms with Gasteiger partial charge in [-0.1, -0.05) is 62.9 Å². The van der Waals surface area contributed by atoms with Gasteiger partial charge < -0.3 is 9.47 Å². The molecular formula is C20H26O2. The number of rotatable bonds is 10. The van der Waals surface area contributed by atoms with Crippen LogP contribution in [0.4, 0.5) is 0 Å². The molecule has 118 valence electrons. The van der Waals surface area contributed by atoms with Crippen molar-refractivity contribution in [3.05, 3.63) is 60.2 Å². The molecule has 0 amide bonds. The summed E-state index contributed by atoms with van der Waals surface area (Å²) in [6.45, 7) is 3.63. The Bertz CT molecular complexity index is 505. The summed E-state index contributed by atoms with van der Waals surface area (Å²) in [5, 5.41) is 0. The van der Waals surface area contributed by atoms with Crippen molar-refractivity contribution in [3.8, 4) is 11.5 Å². The number of ether oxygens (including phenoxy) is 2. The molecule has 0 heterocycles. The lowest BCUT2D eigenvalue weighted by Gasteiger charge is -2.08. The highest BCUT2D eigenvalue weighted by molar-refractivity contribution is 5.28. The van der Waals surface area contributed by atoms with Crippen LogP contribution in [-0.4, -0.2) is 6.61 Å². The molecule has 0 saturated carbocycles. The second kappa shape index (κ2) is 9.88. The molecule has 0 saturated heterocycles. The Hall–Kier alpha value is -1.96. The van der Waals surface area contributed by atoms with Gasteiger partial charge in [-0.05, 0) is 36.2 Å². The molecule has 0 unspecified atom stereocenters. The van der Waals surface area contributed by atoms with E-state index < -0.39 is 0 Å². The molecule has 22 heavy (non-hydrogen) atoms. The van der Waals surface area contributed by atoms with Crippen molar-refractivity contribution in [2.45, 2.75) is 45.6 Å². The molecule has 2 heteroatoms. The van der Waals surface area contributed by atoms with E-state index in [1.54, 1.807) is 0 Å². The first-order valence-electron chi connectivity index (χ1n) is 8.28. The molecule has 0 atom stereocenters. The Morgan fingerprint density at radius 3 is 2.09 bits per heavy atom. The molecule has 0 spiro atoms. The zero-order chi connectivity index (χ0) is 15.5. The van der Waals surface area contributed by atoms with Crippen LogP contribution in [0.3, 0.4) is 0 Å². The minimum Gasteiger partial charge on any atom is -0.494 e. The standard InChI is InChI=1S/C20H26O2/c1-2-3-4-5-9-16-21-20-14-12-18(13-15-20)17-22-19-10-7-6-8-11-19/h6-8,10-15H,2-5,9,16-17H2,1H3. The third-order valence-electron chi connectivity index (χ3n) is 3.59. The maximum atomic E-state index is 5.76. The molecule has 0 radical (unpaired) electrons. The number of para-hydroxylation sites is 1. The minimum atomic E-state index is 0.585. The third kappa shape index (κ3) is 6.21. The second-order valence-corrected chi connectivity index (χ2v) is 5.51. The van der Waals surface area contributed by atoms with Crippen LogP contribution in [0.15, 0.2) is 54.6 Å². The average molecular weight is 298 g/mol. The van der Waals surface area contributed by atoms with Gasteiger partial charge in [-0.15, -0.1) is 0 Å². The molecule has 0 aliphatic carbocycles. The van der Waals surface area contributed by atoms with Gasteiger partial charge in [-0.2, -0.15) is 0 Å². The van der Waals surface area contributed by atoms with Gasteiger partial charge in [0.15, 0.2) is 0 Å². The summed E-state index contributed by atoms with van der Waals surface area (Å²) in [6.07, 6.45) is 6.33. The van der Waals surface area contributed by atoms with Gasteiger partial charge in [0.25, 0.3) is 0 Å². The molecule has 0 N–H and O–H groups in total. The maximum absolute atomic E-state index is 5.76. The Kier molecular flexibility index (Phi) is 7.37. The highest BCUT2D eigenvalue weighted by Crippen LogP contribution is 2.16. The van der Waals surface area contributed by atoms with Crippen molar-refractivity contribution in [3.63, 3.8) is 0 Å². The average Bonchev–Trinajstić information content (AvgIpc) is 2.58. The fraction of sp³-hybridized carbons (Fsp3) is 0.400. The van der Waals surface area contributed by atoms with Crippen LogP contribution in [0.25, 0.3) is 0 Å². The van der Waals surface area contributed by atoms with Gasteiger partial charge >= 0.3 is 0 Å². The predicted molar refractivity (Wildman–Crippen MR) is 91.5 cm³/mol. The summed E-state index contributed by atoms with van der Waals surface area (Å²) in [5.41, 5.74) is 1.15. The Morgan fingerprint density at radius 2 is 1.36 bits per heavy atom. The van der Waals surface area contributed by atoms with Crippen molar-refractivity contribution >= 4 is 0 Å². The Morgan fingerprint density at radius 1 is 0.682 bits per heavy atom. The van der Waals surface area contributed by atoms with Crippen LogP contribution in [0, 0.1) is 0 Å². The molecule has 0 fully saturated rings. The summed E-state index contributed by atoms with van der Waals surface area (Å²) >= 11 is 0. The van der Waals surface area contributed by atoms with Gasteiger partial charge in [-0.25, -0.2) is 0 Å². The van der Waals surface area contributed by atoms with Gasteiger partial charge in [0.2, 0.25) is 0 Å². The smallest absolute Gasteiger partial charge is 0.119 e. The van der Waals surface area contributed by atoms with Crippen LogP contribution in [0.2, 0.25) is 0 Å². The predicted octanol–water partition coefficient (Wildman–Crippen LogP) is 5.61. The minimum absolute atomic E-state index is 0.585. The molecule has 2 nitrogen and oxygen atoms in total. The van der Waals surface area contributed by atoms with E-state index >= 15 is 0 Å². The van der Waals surface area contributed by atoms with Crippen molar-refractivity contribution < 1.29 is 9.47 Å². The molecule has 0 bridgehead atoms. The Balaban J connectivity index is 1.67. The van der Waals surface area contributed by atoms with E-state index in [-0.39, 0.29) is 0 Å². The first-order chi connectivity index (χ1) is 10.9. The van der Waals surface area contributed by atoms with Crippen LogP contribution < -0.4 is 9.47 Å². The number of hydrogen-bond acceptors (Lipinski definition) is 2. The van der Waals surface area contributed by atoms with Crippen LogP contribution in [0.1, 0.15) is 44.6 Å². The van der Waals surface area contributed by atoms with Crippen LogP contribution >= 0.6 is 0 Å². The van der Waals surface area contributed by atoms with E-state index in [1.807, 2.05) is 42.5 Å². The molecule has 2 rings (SSSR count). The van der Waals surface area contributed by atoms with Crippen LogP contribution in [0.5, 0.6) is 11.5 Å². The lowest BCUT2D eigenvalue weighted by Crippen LogP contribution is -1.98. The van der Waals surface area contributed by atoms with Gasteiger partial charge in [0.05, 0.1) is 6.61 Å². The summed E-state index contributed by atoms with van der Waals surface area (Å²) in [4.78, 5) is 0. The highest BCUT2D eigenvalue weighted by Gasteiger charge is 1.98. The van der Waals surface area contributed by atoms with E-state index in [2.05, 4.69) is 19.1 Å². The van der Waals surface area contributed by atoms with Crippen LogP contribution in [-0.2, 0) is 6.61 Å². The summed E-state index contributed by atoms with van der Waals surface area (Å²) in [7, 11) is 0. The lowest BCUT2D eigenvalue weighted by molar-refractivity contribution is 0.300. The summed E-state index contributed by atoms with van der Waals surface area (Å²) in [6, 6.07) is 18.1. The highest BCUT2D eigenvalue weighted by atomic mass is 16.5. The second-order valence-electron chi connectivity index (χ2n) is 5.51. The largest absolute Gasteiger partial charge is 0.494 e. The molecule has 2 aromatic rings. The number of hydrogen-bond donors (Lipinski definition) is 0.